The molecule has 0 bridgehead atoms. The normalized spacial score (nSPS) is 32.5. The Hall–Kier alpha value is -1.79. The summed E-state index contributed by atoms with van der Waals surface area (Å²) in [6.07, 6.45) is -1.56. The van der Waals surface area contributed by atoms with Crippen LogP contribution in [0.3, 0.4) is 0 Å². The second-order valence-corrected chi connectivity index (χ2v) is 3.96. The molecule has 1 amide bonds. The minimum atomic E-state index is -1.13. The Morgan fingerprint density at radius 1 is 1.41 bits per heavy atom. The number of ether oxygens (including phenoxy) is 2. The fourth-order valence-electron chi connectivity index (χ4n) is 1.88. The molecular weight excluding hydrogens is 230 g/mol. The van der Waals surface area contributed by atoms with Gasteiger partial charge in [0.2, 0.25) is 0 Å². The number of carbonyl (C=O) groups is 3. The average molecular weight is 245 g/mol. The minimum Gasteiger partial charge on any atom is -0.481 e. The van der Waals surface area contributed by atoms with Crippen molar-refractivity contribution in [2.75, 3.05) is 7.11 Å². The van der Waals surface area contributed by atoms with Gasteiger partial charge in [-0.3, -0.25) is 9.59 Å². The molecular formula is C10H15NO6. The van der Waals surface area contributed by atoms with E-state index in [-0.39, 0.29) is 0 Å². The van der Waals surface area contributed by atoms with Crippen LogP contribution in [-0.2, 0) is 19.1 Å². The van der Waals surface area contributed by atoms with E-state index in [0.29, 0.717) is 0 Å². The van der Waals surface area contributed by atoms with Crippen molar-refractivity contribution in [2.24, 2.45) is 11.8 Å². The fourth-order valence-corrected chi connectivity index (χ4v) is 1.88. The highest BCUT2D eigenvalue weighted by Crippen LogP contribution is 2.27. The van der Waals surface area contributed by atoms with Crippen molar-refractivity contribution in [3.05, 3.63) is 0 Å². The van der Waals surface area contributed by atoms with Gasteiger partial charge in [-0.1, -0.05) is 0 Å². The highest BCUT2D eigenvalue weighted by molar-refractivity contribution is 5.81. The number of amides is 1. The standard InChI is InChI=1S/C10H15NO6/c1-4-7(11-10(15)16-3)6(8(12)13)5(2)17-9(4)14/h4-7H,1-3H3,(H,11,15)(H,12,13)/t4-,5-,6-,7-/m1/s1. The van der Waals surface area contributed by atoms with Crippen LogP contribution in [0.2, 0.25) is 0 Å². The zero-order chi connectivity index (χ0) is 13.2. The van der Waals surface area contributed by atoms with Gasteiger partial charge in [0.1, 0.15) is 12.0 Å². The first-order valence-electron chi connectivity index (χ1n) is 5.16. The molecule has 0 aliphatic carbocycles. The van der Waals surface area contributed by atoms with Crippen LogP contribution in [0.4, 0.5) is 4.79 Å². The molecule has 17 heavy (non-hydrogen) atoms. The number of hydrogen-bond donors (Lipinski definition) is 2. The first-order chi connectivity index (χ1) is 7.88. The second-order valence-electron chi connectivity index (χ2n) is 3.96. The monoisotopic (exact) mass is 245 g/mol. The molecule has 0 saturated carbocycles. The first kappa shape index (κ1) is 13.3. The van der Waals surface area contributed by atoms with E-state index in [2.05, 4.69) is 10.1 Å². The topological polar surface area (TPSA) is 102 Å². The van der Waals surface area contributed by atoms with E-state index >= 15 is 0 Å². The van der Waals surface area contributed by atoms with Gasteiger partial charge in [-0.15, -0.1) is 0 Å². The number of esters is 1. The molecule has 2 N–H and O–H groups in total. The number of carbonyl (C=O) groups excluding carboxylic acids is 2. The Morgan fingerprint density at radius 2 is 2.00 bits per heavy atom. The minimum absolute atomic E-state index is 0.531. The lowest BCUT2D eigenvalue weighted by molar-refractivity contribution is -0.173. The lowest BCUT2D eigenvalue weighted by atomic mass is 9.83. The van der Waals surface area contributed by atoms with E-state index in [0.717, 1.165) is 0 Å². The van der Waals surface area contributed by atoms with Crippen molar-refractivity contribution in [3.8, 4) is 0 Å². The van der Waals surface area contributed by atoms with Gasteiger partial charge in [0.05, 0.1) is 19.1 Å². The van der Waals surface area contributed by atoms with E-state index in [1.807, 2.05) is 0 Å². The van der Waals surface area contributed by atoms with Crippen molar-refractivity contribution in [3.63, 3.8) is 0 Å². The van der Waals surface area contributed by atoms with E-state index < -0.39 is 42.0 Å². The Kier molecular flexibility index (Phi) is 3.93. The number of hydrogen-bond acceptors (Lipinski definition) is 5. The second kappa shape index (κ2) is 5.03. The van der Waals surface area contributed by atoms with Gasteiger partial charge in [-0.2, -0.15) is 0 Å². The molecule has 1 rings (SSSR count). The Balaban J connectivity index is 2.94. The van der Waals surface area contributed by atoms with Gasteiger partial charge in [0.25, 0.3) is 0 Å². The molecule has 1 aliphatic heterocycles. The number of carboxylic acid groups (broad SMARTS) is 1. The molecule has 96 valence electrons. The van der Waals surface area contributed by atoms with E-state index in [9.17, 15) is 14.4 Å². The summed E-state index contributed by atoms with van der Waals surface area (Å²) in [6, 6.07) is -0.837. The van der Waals surface area contributed by atoms with Crippen LogP contribution in [0, 0.1) is 11.8 Å². The fraction of sp³-hybridized carbons (Fsp3) is 0.700. The van der Waals surface area contributed by atoms with Crippen LogP contribution in [-0.4, -0.2) is 42.4 Å². The first-order valence-corrected chi connectivity index (χ1v) is 5.16. The SMILES string of the molecule is COC(=O)N[C@H]1[C@H](C(=O)O)[C@@H](C)OC(=O)[C@@H]1C. The van der Waals surface area contributed by atoms with Crippen LogP contribution in [0.25, 0.3) is 0 Å². The van der Waals surface area contributed by atoms with Crippen LogP contribution in [0.1, 0.15) is 13.8 Å². The van der Waals surface area contributed by atoms with Crippen molar-refractivity contribution in [1.29, 1.82) is 0 Å². The number of methoxy groups -OCH3 is 1. The summed E-state index contributed by atoms with van der Waals surface area (Å²) < 4.78 is 9.31. The Bertz CT molecular complexity index is 342. The van der Waals surface area contributed by atoms with Crippen molar-refractivity contribution in [1.82, 2.24) is 5.32 Å². The van der Waals surface area contributed by atoms with Crippen LogP contribution in [0.15, 0.2) is 0 Å². The van der Waals surface area contributed by atoms with Gasteiger partial charge >= 0.3 is 18.0 Å². The zero-order valence-corrected chi connectivity index (χ0v) is 9.80. The van der Waals surface area contributed by atoms with Crippen molar-refractivity contribution >= 4 is 18.0 Å². The Morgan fingerprint density at radius 3 is 2.47 bits per heavy atom. The third-order valence-corrected chi connectivity index (χ3v) is 2.86. The van der Waals surface area contributed by atoms with Crippen molar-refractivity contribution in [2.45, 2.75) is 26.0 Å². The maximum atomic E-state index is 11.4. The zero-order valence-electron chi connectivity index (χ0n) is 9.80. The van der Waals surface area contributed by atoms with Gasteiger partial charge < -0.3 is 19.9 Å². The number of cyclic esters (lactones) is 1. The van der Waals surface area contributed by atoms with E-state index in [1.165, 1.54) is 21.0 Å². The molecule has 1 fully saturated rings. The predicted octanol–water partition coefficient (Wildman–Crippen LogP) is -0.00680. The molecule has 1 heterocycles. The molecule has 0 radical (unpaired) electrons. The molecule has 0 aromatic carbocycles. The summed E-state index contributed by atoms with van der Waals surface area (Å²) in [5.41, 5.74) is 0. The van der Waals surface area contributed by atoms with Crippen LogP contribution < -0.4 is 5.32 Å². The Labute approximate surface area is 98.1 Å². The van der Waals surface area contributed by atoms with E-state index in [1.54, 1.807) is 0 Å². The van der Waals surface area contributed by atoms with Crippen LogP contribution in [0.5, 0.6) is 0 Å². The smallest absolute Gasteiger partial charge is 0.407 e. The highest BCUT2D eigenvalue weighted by Gasteiger charge is 2.46. The highest BCUT2D eigenvalue weighted by atomic mass is 16.6. The van der Waals surface area contributed by atoms with Gasteiger partial charge in [-0.05, 0) is 13.8 Å². The number of carboxylic acids is 1. The summed E-state index contributed by atoms with van der Waals surface area (Å²) in [5, 5.41) is 11.5. The maximum Gasteiger partial charge on any atom is 0.407 e. The van der Waals surface area contributed by atoms with Gasteiger partial charge in [0, 0.05) is 0 Å². The maximum absolute atomic E-state index is 11.4. The summed E-state index contributed by atoms with van der Waals surface area (Å²) in [4.78, 5) is 33.7. The molecule has 0 unspecified atom stereocenters. The summed E-state index contributed by atoms with van der Waals surface area (Å²) in [7, 11) is 1.17. The number of nitrogens with one attached hydrogen (secondary N) is 1. The lowest BCUT2D eigenvalue weighted by Gasteiger charge is -2.36. The third-order valence-electron chi connectivity index (χ3n) is 2.86. The molecule has 1 aliphatic rings. The quantitative estimate of drug-likeness (QED) is 0.663. The number of aliphatic carboxylic acids is 1. The average Bonchev–Trinajstić information content (AvgIpc) is 2.24. The molecule has 7 nitrogen and oxygen atoms in total. The van der Waals surface area contributed by atoms with E-state index in [4.69, 9.17) is 9.84 Å². The summed E-state index contributed by atoms with van der Waals surface area (Å²) in [6.45, 7) is 2.99. The van der Waals surface area contributed by atoms with Crippen LogP contribution >= 0.6 is 0 Å². The number of rotatable bonds is 2. The molecule has 1 saturated heterocycles. The van der Waals surface area contributed by atoms with Gasteiger partial charge in [-0.25, -0.2) is 4.79 Å². The van der Waals surface area contributed by atoms with Gasteiger partial charge in [0.15, 0.2) is 0 Å². The molecule has 0 aromatic heterocycles. The molecule has 0 spiro atoms. The van der Waals surface area contributed by atoms with Crippen molar-refractivity contribution < 1.29 is 29.0 Å². The number of alkyl carbamates (subject to hydrolysis) is 1. The predicted molar refractivity (Wildman–Crippen MR) is 55.2 cm³/mol. The lowest BCUT2D eigenvalue weighted by Crippen LogP contribution is -2.57. The largest absolute Gasteiger partial charge is 0.481 e. The third kappa shape index (κ3) is 2.66. The summed E-state index contributed by atoms with van der Waals surface area (Å²) in [5.74, 6) is -3.37. The molecule has 7 heteroatoms. The summed E-state index contributed by atoms with van der Waals surface area (Å²) >= 11 is 0. The molecule has 0 aromatic rings. The molecule has 4 atom stereocenters.